The van der Waals surface area contributed by atoms with Crippen molar-refractivity contribution < 1.29 is 8.83 Å². The van der Waals surface area contributed by atoms with Crippen LogP contribution in [0.15, 0.2) is 240 Å². The Balaban J connectivity index is 1.02. The van der Waals surface area contributed by atoms with Crippen LogP contribution in [0.3, 0.4) is 0 Å². The van der Waals surface area contributed by atoms with Gasteiger partial charge in [-0.2, -0.15) is 0 Å². The molecule has 352 valence electrons. The summed E-state index contributed by atoms with van der Waals surface area (Å²) in [5, 5.41) is 4.52. The van der Waals surface area contributed by atoms with Gasteiger partial charge in [0.1, 0.15) is 22.3 Å². The zero-order valence-corrected chi connectivity index (χ0v) is 42.0. The van der Waals surface area contributed by atoms with Crippen molar-refractivity contribution in [1.29, 1.82) is 0 Å². The lowest BCUT2D eigenvalue weighted by atomic mass is 9.72. The lowest BCUT2D eigenvalue weighted by Crippen LogP contribution is -2.24. The molecule has 0 amide bonds. The number of hydrogen-bond acceptors (Lipinski definition) is 2. The van der Waals surface area contributed by atoms with Gasteiger partial charge in [-0.05, 0) is 161 Å². The van der Waals surface area contributed by atoms with Gasteiger partial charge >= 0.3 is 0 Å². The molecule has 2 aliphatic rings. The highest BCUT2D eigenvalue weighted by atomic mass is 16.3. The predicted octanol–water partition coefficient (Wildman–Crippen LogP) is 20.2. The van der Waals surface area contributed by atoms with Crippen molar-refractivity contribution in [2.75, 3.05) is 0 Å². The summed E-state index contributed by atoms with van der Waals surface area (Å²) >= 11 is 0. The minimum Gasteiger partial charge on any atom is -0.455 e. The van der Waals surface area contributed by atoms with E-state index in [0.717, 1.165) is 83.0 Å². The highest BCUT2D eigenvalue weighted by molar-refractivity contribution is 6.21. The third kappa shape index (κ3) is 6.37. The van der Waals surface area contributed by atoms with Crippen LogP contribution in [0.4, 0.5) is 0 Å². The minimum absolute atomic E-state index is 0.400. The molecule has 0 saturated carbocycles. The Morgan fingerprint density at radius 1 is 0.392 bits per heavy atom. The maximum absolute atomic E-state index is 7.18. The fourth-order valence-corrected chi connectivity index (χ4v) is 12.9. The van der Waals surface area contributed by atoms with Crippen molar-refractivity contribution in [2.45, 2.75) is 38.5 Å². The van der Waals surface area contributed by atoms with Gasteiger partial charge in [-0.3, -0.25) is 0 Å². The largest absolute Gasteiger partial charge is 0.455 e. The highest BCUT2D eigenvalue weighted by Crippen LogP contribution is 2.63. The van der Waals surface area contributed by atoms with Crippen LogP contribution in [0.2, 0.25) is 0 Å². The van der Waals surface area contributed by atoms with Gasteiger partial charge in [0.15, 0.2) is 0 Å². The Kier molecular flexibility index (Phi) is 9.62. The molecule has 2 aromatic heterocycles. The molecule has 2 nitrogen and oxygen atoms in total. The van der Waals surface area contributed by atoms with Crippen molar-refractivity contribution in [2.24, 2.45) is 0 Å². The van der Waals surface area contributed by atoms with E-state index < -0.39 is 10.8 Å². The fourth-order valence-electron chi connectivity index (χ4n) is 12.9. The van der Waals surface area contributed by atoms with E-state index in [1.807, 2.05) is 18.2 Å². The number of fused-ring (bicyclic) bond motifs is 15. The van der Waals surface area contributed by atoms with Gasteiger partial charge in [0, 0.05) is 43.5 Å². The van der Waals surface area contributed by atoms with Crippen molar-refractivity contribution in [3.8, 4) is 77.9 Å². The van der Waals surface area contributed by atoms with Crippen LogP contribution in [0, 0.1) is 0 Å². The first kappa shape index (κ1) is 43.8. The molecule has 0 aliphatic heterocycles. The second-order valence-electron chi connectivity index (χ2n) is 21.2. The lowest BCUT2D eigenvalue weighted by molar-refractivity contribution is 0.601. The Morgan fingerprint density at radius 2 is 0.824 bits per heavy atom. The van der Waals surface area contributed by atoms with Gasteiger partial charge in [0.25, 0.3) is 0 Å². The van der Waals surface area contributed by atoms with Crippen LogP contribution in [0.25, 0.3) is 127 Å². The zero-order chi connectivity index (χ0) is 50.0. The first-order valence-corrected chi connectivity index (χ1v) is 25.7. The SMILES string of the molecule is C=C/C=C(\C=C)c1cc(-c2ccccc2)cc(-c2cc3c(c4oc5ccccc5c24)-c2ccc4c(c2C3(C)C)C(C)(C)c2cc(-c3cc(-c5ccccc5)cc(-c5ccccc5)c3)c3oc5ccccc5c3c2-4)c1. The summed E-state index contributed by atoms with van der Waals surface area (Å²) in [5.74, 6) is 0. The Hall–Kier alpha value is -8.98. The van der Waals surface area contributed by atoms with Gasteiger partial charge in [-0.15, -0.1) is 0 Å². The maximum Gasteiger partial charge on any atom is 0.144 e. The number of para-hydroxylation sites is 2. The van der Waals surface area contributed by atoms with Gasteiger partial charge < -0.3 is 8.83 Å². The van der Waals surface area contributed by atoms with Crippen LogP contribution in [-0.2, 0) is 10.8 Å². The normalized spacial score (nSPS) is 14.1. The lowest BCUT2D eigenvalue weighted by Gasteiger charge is -2.31. The molecule has 14 rings (SSSR count). The quantitative estimate of drug-likeness (QED) is 0.142. The molecule has 0 saturated heterocycles. The topological polar surface area (TPSA) is 26.3 Å². The standard InChI is InChI=1S/C72H52O2/c1-7-22-43(8-2)47-35-48(44-23-12-9-13-24-44)38-51(37-47)57-41-60-65(70-63(57)53-29-18-20-31-61(53)74-70)56-34-33-55-64-59(71(3,4)67(55)68(56)72(60,5)6)42-58(69-66(64)54-30-19-21-32-62(54)73-69)52-39-49(45-25-14-10-15-26-45)36-50(40-52)46-27-16-11-17-28-46/h7-42H,1-2H2,3-6H3/b43-22+. The Morgan fingerprint density at radius 3 is 1.38 bits per heavy atom. The average Bonchev–Trinajstić information content (AvgIpc) is 4.15. The third-order valence-corrected chi connectivity index (χ3v) is 16.3. The van der Waals surface area contributed by atoms with E-state index in [4.69, 9.17) is 8.83 Å². The van der Waals surface area contributed by atoms with Crippen molar-refractivity contribution >= 4 is 49.5 Å². The summed E-state index contributed by atoms with van der Waals surface area (Å²) in [5.41, 5.74) is 26.6. The van der Waals surface area contributed by atoms with Crippen LogP contribution >= 0.6 is 0 Å². The minimum atomic E-state index is -0.416. The number of rotatable bonds is 8. The predicted molar refractivity (Wildman–Crippen MR) is 312 cm³/mol. The highest BCUT2D eigenvalue weighted by Gasteiger charge is 2.48. The van der Waals surface area contributed by atoms with Crippen molar-refractivity contribution in [3.05, 3.63) is 259 Å². The van der Waals surface area contributed by atoms with Crippen molar-refractivity contribution in [1.82, 2.24) is 0 Å². The molecular formula is C72H52O2. The number of benzene rings is 10. The van der Waals surface area contributed by atoms with E-state index in [1.165, 1.54) is 72.1 Å². The molecule has 2 aliphatic carbocycles. The molecule has 0 N–H and O–H groups in total. The van der Waals surface area contributed by atoms with E-state index in [1.54, 1.807) is 0 Å². The molecule has 0 fully saturated rings. The number of hydrogen-bond donors (Lipinski definition) is 0. The summed E-state index contributed by atoms with van der Waals surface area (Å²) in [6.07, 6.45) is 5.81. The number of allylic oxidation sites excluding steroid dienone is 4. The van der Waals surface area contributed by atoms with E-state index in [0.29, 0.717) is 0 Å². The number of furan rings is 2. The first-order valence-electron chi connectivity index (χ1n) is 25.7. The average molecular weight is 949 g/mol. The molecule has 2 heteroatoms. The molecule has 2 heterocycles. The smallest absolute Gasteiger partial charge is 0.144 e. The fraction of sp³-hybridized carbons (Fsp3) is 0.0833. The van der Waals surface area contributed by atoms with E-state index in [2.05, 4.69) is 241 Å². The molecule has 0 unspecified atom stereocenters. The van der Waals surface area contributed by atoms with Gasteiger partial charge in [-0.1, -0.05) is 199 Å². The maximum atomic E-state index is 7.18. The monoisotopic (exact) mass is 948 g/mol. The first-order chi connectivity index (χ1) is 36.1. The van der Waals surface area contributed by atoms with Gasteiger partial charge in [-0.25, -0.2) is 0 Å². The molecule has 74 heavy (non-hydrogen) atoms. The van der Waals surface area contributed by atoms with Crippen LogP contribution in [-0.4, -0.2) is 0 Å². The molecule has 0 radical (unpaired) electrons. The van der Waals surface area contributed by atoms with E-state index >= 15 is 0 Å². The summed E-state index contributed by atoms with van der Waals surface area (Å²) in [7, 11) is 0. The molecule has 0 bridgehead atoms. The van der Waals surface area contributed by atoms with Crippen LogP contribution in [0.1, 0.15) is 55.5 Å². The van der Waals surface area contributed by atoms with Crippen LogP contribution < -0.4 is 0 Å². The van der Waals surface area contributed by atoms with E-state index in [-0.39, 0.29) is 0 Å². The summed E-state index contributed by atoms with van der Waals surface area (Å²) < 4.78 is 14.3. The summed E-state index contributed by atoms with van der Waals surface area (Å²) in [4.78, 5) is 0. The van der Waals surface area contributed by atoms with Crippen molar-refractivity contribution in [3.63, 3.8) is 0 Å². The van der Waals surface area contributed by atoms with E-state index in [9.17, 15) is 0 Å². The second-order valence-corrected chi connectivity index (χ2v) is 21.2. The molecule has 0 atom stereocenters. The Labute approximate surface area is 431 Å². The summed E-state index contributed by atoms with van der Waals surface area (Å²) in [6, 6.07) is 72.9. The third-order valence-electron chi connectivity index (χ3n) is 16.3. The van der Waals surface area contributed by atoms with Crippen LogP contribution in [0.5, 0.6) is 0 Å². The van der Waals surface area contributed by atoms with Gasteiger partial charge in [0.2, 0.25) is 0 Å². The van der Waals surface area contributed by atoms with Gasteiger partial charge in [0.05, 0.1) is 0 Å². The molecule has 10 aromatic carbocycles. The second kappa shape index (κ2) is 16.3. The zero-order valence-electron chi connectivity index (χ0n) is 42.0. The molecule has 12 aromatic rings. The summed E-state index contributed by atoms with van der Waals surface area (Å²) in [6.45, 7) is 18.0. The molecular weight excluding hydrogens is 897 g/mol. The Bertz CT molecular complexity index is 4310. The molecule has 0 spiro atoms.